The number of carbonyl (C=O) groups excluding carboxylic acids is 1. The number of hydrogen-bond acceptors (Lipinski definition) is 4. The number of rotatable bonds is 7. The highest BCUT2D eigenvalue weighted by atomic mass is 16.5. The number of fused-ring (bicyclic) bond motifs is 3. The van der Waals surface area contributed by atoms with Crippen LogP contribution in [0.1, 0.15) is 95.1 Å². The standard InChI is InChI=1S/C24H33N3O3/c1-23(2)19-8-7-17(28)15-18(19)22-20(29)13-16(14-21(22)30-23)24(10-6-11-24)9-4-3-5-12-26-27-25/h13-14,18-19,29H,3-12,15H2,1-2H3/t18-,19-/m1/s1. The fourth-order valence-corrected chi connectivity index (χ4v) is 6.03. The van der Waals surface area contributed by atoms with Crippen LogP contribution in [0.3, 0.4) is 0 Å². The number of hydrogen-bond donors (Lipinski definition) is 1. The molecule has 0 unspecified atom stereocenters. The maximum atomic E-state index is 12.2. The van der Waals surface area contributed by atoms with Gasteiger partial charge in [0.1, 0.15) is 22.9 Å². The summed E-state index contributed by atoms with van der Waals surface area (Å²) in [6.07, 6.45) is 9.57. The number of Topliss-reactive ketones (excluding diaryl/α,β-unsaturated/α-hetero) is 1. The number of phenolic OH excluding ortho intramolecular Hbond substituents is 1. The molecule has 0 bridgehead atoms. The van der Waals surface area contributed by atoms with E-state index in [1.807, 2.05) is 6.07 Å². The van der Waals surface area contributed by atoms with E-state index in [1.165, 1.54) is 12.0 Å². The molecule has 1 aromatic carbocycles. The Morgan fingerprint density at radius 2 is 2.07 bits per heavy atom. The van der Waals surface area contributed by atoms with Crippen LogP contribution in [0, 0.1) is 5.92 Å². The molecule has 1 N–H and O–H groups in total. The van der Waals surface area contributed by atoms with E-state index in [0.29, 0.717) is 30.9 Å². The van der Waals surface area contributed by atoms with Crippen molar-refractivity contribution >= 4 is 5.78 Å². The zero-order chi connectivity index (χ0) is 21.4. The first-order chi connectivity index (χ1) is 14.4. The number of ketones is 1. The van der Waals surface area contributed by atoms with Crippen LogP contribution in [-0.4, -0.2) is 23.0 Å². The van der Waals surface area contributed by atoms with Gasteiger partial charge in [-0.05, 0) is 74.6 Å². The van der Waals surface area contributed by atoms with Crippen LogP contribution in [0.2, 0.25) is 0 Å². The normalized spacial score (nSPS) is 25.9. The number of azide groups is 1. The molecule has 162 valence electrons. The highest BCUT2D eigenvalue weighted by molar-refractivity contribution is 5.81. The molecule has 30 heavy (non-hydrogen) atoms. The predicted molar refractivity (Wildman–Crippen MR) is 116 cm³/mol. The Morgan fingerprint density at radius 1 is 1.27 bits per heavy atom. The van der Waals surface area contributed by atoms with E-state index in [0.717, 1.165) is 56.3 Å². The minimum absolute atomic E-state index is 0.0529. The molecule has 6 nitrogen and oxygen atoms in total. The van der Waals surface area contributed by atoms with Gasteiger partial charge in [0.25, 0.3) is 0 Å². The first kappa shape index (κ1) is 21.0. The van der Waals surface area contributed by atoms with E-state index in [-0.39, 0.29) is 22.9 Å². The van der Waals surface area contributed by atoms with Crippen LogP contribution in [0.4, 0.5) is 0 Å². The first-order valence-electron chi connectivity index (χ1n) is 11.5. The molecule has 2 aliphatic carbocycles. The second-order valence-electron chi connectivity index (χ2n) is 10.0. The van der Waals surface area contributed by atoms with Crippen LogP contribution in [-0.2, 0) is 10.2 Å². The second-order valence-corrected chi connectivity index (χ2v) is 10.0. The molecular formula is C24H33N3O3. The Bertz CT molecular complexity index is 869. The maximum Gasteiger partial charge on any atom is 0.133 e. The van der Waals surface area contributed by atoms with Gasteiger partial charge in [-0.1, -0.05) is 24.4 Å². The van der Waals surface area contributed by atoms with E-state index in [9.17, 15) is 9.90 Å². The van der Waals surface area contributed by atoms with Gasteiger partial charge in [0, 0.05) is 41.7 Å². The van der Waals surface area contributed by atoms with Crippen molar-refractivity contribution in [3.63, 3.8) is 0 Å². The number of unbranched alkanes of at least 4 members (excludes halogenated alkanes) is 2. The predicted octanol–water partition coefficient (Wildman–Crippen LogP) is 6.31. The Kier molecular flexibility index (Phi) is 5.71. The number of aromatic hydroxyl groups is 1. The van der Waals surface area contributed by atoms with Gasteiger partial charge in [-0.2, -0.15) is 0 Å². The summed E-state index contributed by atoms with van der Waals surface area (Å²) in [6.45, 7) is 4.80. The zero-order valence-electron chi connectivity index (χ0n) is 18.2. The van der Waals surface area contributed by atoms with Gasteiger partial charge in [0.15, 0.2) is 0 Å². The molecule has 0 saturated heterocycles. The highest BCUT2D eigenvalue weighted by Gasteiger charge is 2.48. The number of nitrogens with zero attached hydrogens (tertiary/aromatic N) is 3. The summed E-state index contributed by atoms with van der Waals surface area (Å²) < 4.78 is 6.46. The Balaban J connectivity index is 1.58. The molecule has 0 amide bonds. The average molecular weight is 412 g/mol. The van der Waals surface area contributed by atoms with Crippen LogP contribution in [0.25, 0.3) is 10.4 Å². The molecule has 1 aromatic rings. The molecule has 0 aromatic heterocycles. The minimum Gasteiger partial charge on any atom is -0.508 e. The van der Waals surface area contributed by atoms with Gasteiger partial charge in [0.2, 0.25) is 0 Å². The largest absolute Gasteiger partial charge is 0.508 e. The molecule has 0 radical (unpaired) electrons. The number of benzene rings is 1. The summed E-state index contributed by atoms with van der Waals surface area (Å²) in [5, 5.41) is 14.7. The topological polar surface area (TPSA) is 95.3 Å². The molecule has 6 heteroatoms. The molecule has 1 heterocycles. The Hall–Kier alpha value is -2.20. The van der Waals surface area contributed by atoms with Gasteiger partial charge in [-0.25, -0.2) is 0 Å². The van der Waals surface area contributed by atoms with E-state index in [2.05, 4.69) is 29.9 Å². The maximum absolute atomic E-state index is 12.2. The fourth-order valence-electron chi connectivity index (χ4n) is 6.03. The third-order valence-electron chi connectivity index (χ3n) is 7.82. The van der Waals surface area contributed by atoms with Crippen LogP contribution in [0.5, 0.6) is 11.5 Å². The van der Waals surface area contributed by atoms with Gasteiger partial charge in [0.05, 0.1) is 0 Å². The Labute approximate surface area is 178 Å². The van der Waals surface area contributed by atoms with Crippen molar-refractivity contribution < 1.29 is 14.6 Å². The molecule has 0 spiro atoms. The summed E-state index contributed by atoms with van der Waals surface area (Å²) in [5.41, 5.74) is 10.2. The highest BCUT2D eigenvalue weighted by Crippen LogP contribution is 2.56. The van der Waals surface area contributed by atoms with Crippen LogP contribution in [0.15, 0.2) is 17.2 Å². The van der Waals surface area contributed by atoms with Crippen LogP contribution >= 0.6 is 0 Å². The first-order valence-corrected chi connectivity index (χ1v) is 11.5. The molecule has 1 aliphatic heterocycles. The van der Waals surface area contributed by atoms with Crippen molar-refractivity contribution in [2.75, 3.05) is 6.54 Å². The molecule has 3 aliphatic rings. The van der Waals surface area contributed by atoms with E-state index in [4.69, 9.17) is 10.3 Å². The number of ether oxygens (including phenoxy) is 1. The lowest BCUT2D eigenvalue weighted by Crippen LogP contribution is -2.47. The molecule has 4 rings (SSSR count). The second kappa shape index (κ2) is 8.14. The van der Waals surface area contributed by atoms with Gasteiger partial charge < -0.3 is 9.84 Å². The lowest BCUT2D eigenvalue weighted by atomic mass is 9.61. The van der Waals surface area contributed by atoms with E-state index in [1.54, 1.807) is 0 Å². The molecule has 2 fully saturated rings. The zero-order valence-corrected chi connectivity index (χ0v) is 18.2. The van der Waals surface area contributed by atoms with Crippen molar-refractivity contribution in [1.29, 1.82) is 0 Å². The summed E-state index contributed by atoms with van der Waals surface area (Å²) in [7, 11) is 0. The third kappa shape index (κ3) is 3.78. The van der Waals surface area contributed by atoms with Crippen molar-refractivity contribution in [2.24, 2.45) is 11.0 Å². The monoisotopic (exact) mass is 411 g/mol. The molecule has 2 saturated carbocycles. The number of carbonyl (C=O) groups is 1. The summed E-state index contributed by atoms with van der Waals surface area (Å²) >= 11 is 0. The van der Waals surface area contributed by atoms with Crippen molar-refractivity contribution in [3.8, 4) is 11.5 Å². The minimum atomic E-state index is -0.336. The lowest BCUT2D eigenvalue weighted by molar-refractivity contribution is -0.124. The van der Waals surface area contributed by atoms with Crippen LogP contribution < -0.4 is 4.74 Å². The quantitative estimate of drug-likeness (QED) is 0.246. The van der Waals surface area contributed by atoms with Gasteiger partial charge in [-0.15, -0.1) is 0 Å². The van der Waals surface area contributed by atoms with Crippen molar-refractivity contribution in [2.45, 2.75) is 95.0 Å². The Morgan fingerprint density at radius 3 is 2.77 bits per heavy atom. The summed E-state index contributed by atoms with van der Waals surface area (Å²) in [5.74, 6) is 1.68. The smallest absolute Gasteiger partial charge is 0.133 e. The van der Waals surface area contributed by atoms with E-state index >= 15 is 0 Å². The molecular weight excluding hydrogens is 378 g/mol. The van der Waals surface area contributed by atoms with Gasteiger partial charge >= 0.3 is 0 Å². The van der Waals surface area contributed by atoms with E-state index < -0.39 is 0 Å². The summed E-state index contributed by atoms with van der Waals surface area (Å²) in [4.78, 5) is 15.0. The van der Waals surface area contributed by atoms with Crippen molar-refractivity contribution in [1.82, 2.24) is 0 Å². The van der Waals surface area contributed by atoms with Gasteiger partial charge in [-0.3, -0.25) is 4.79 Å². The third-order valence-corrected chi connectivity index (χ3v) is 7.82. The molecule has 2 atom stereocenters. The summed E-state index contributed by atoms with van der Waals surface area (Å²) in [6, 6.07) is 4.11. The van der Waals surface area contributed by atoms with Crippen molar-refractivity contribution in [3.05, 3.63) is 33.7 Å². The fraction of sp³-hybridized carbons (Fsp3) is 0.708. The average Bonchev–Trinajstić information content (AvgIpc) is 2.65. The SMILES string of the molecule is CC1(C)Oc2cc(C3(CCCCCN=[N+]=[N-])CCC3)cc(O)c2[C@@H]2CC(=O)CC[C@H]21. The lowest BCUT2D eigenvalue weighted by Gasteiger charge is -2.48. The number of phenols is 1.